The average Bonchev–Trinajstić information content (AvgIpc) is 3.14. The smallest absolute Gasteiger partial charge is 0.407 e. The molecule has 1 aliphatic carbocycles. The third-order valence-electron chi connectivity index (χ3n) is 5.93. The third kappa shape index (κ3) is 4.99. The van der Waals surface area contributed by atoms with Crippen LogP contribution >= 0.6 is 0 Å². The molecule has 0 aliphatic heterocycles. The van der Waals surface area contributed by atoms with Gasteiger partial charge >= 0.3 is 12.1 Å². The molecule has 4 N–H and O–H groups in total. The fourth-order valence-electron chi connectivity index (χ4n) is 3.81. The fraction of sp³-hybridized carbons (Fsp3) is 0.375. The van der Waals surface area contributed by atoms with E-state index < -0.39 is 42.3 Å². The van der Waals surface area contributed by atoms with Crippen LogP contribution in [0.25, 0.3) is 11.1 Å². The molecule has 0 radical (unpaired) electrons. The summed E-state index contributed by atoms with van der Waals surface area (Å²) >= 11 is 0. The number of fused-ring (bicyclic) bond motifs is 3. The summed E-state index contributed by atoms with van der Waals surface area (Å²) in [7, 11) is 1.35. The third-order valence-corrected chi connectivity index (χ3v) is 5.93. The first-order chi connectivity index (χ1) is 15.7. The Morgan fingerprint density at radius 3 is 2.09 bits per heavy atom. The highest BCUT2D eigenvalue weighted by molar-refractivity contribution is 5.91. The average molecular weight is 456 g/mol. The van der Waals surface area contributed by atoms with Crippen LogP contribution in [0.4, 0.5) is 4.79 Å². The van der Waals surface area contributed by atoms with Crippen molar-refractivity contribution < 1.29 is 34.1 Å². The SMILES string of the molecule is CO[C@H](C)[C@H](NC(=O)OCC1c2ccccc2-c2ccccc21)C(=O)NC(C)(CO)C(=O)O. The van der Waals surface area contributed by atoms with Crippen molar-refractivity contribution in [1.82, 2.24) is 10.6 Å². The highest BCUT2D eigenvalue weighted by Gasteiger charge is 2.38. The Kier molecular flexibility index (Phi) is 7.35. The number of alkyl carbamates (subject to hydrolysis) is 1. The molecule has 0 saturated heterocycles. The van der Waals surface area contributed by atoms with Crippen molar-refractivity contribution >= 4 is 18.0 Å². The number of ether oxygens (including phenoxy) is 2. The van der Waals surface area contributed by atoms with Gasteiger partial charge in [-0.15, -0.1) is 0 Å². The molecule has 0 saturated carbocycles. The van der Waals surface area contributed by atoms with Gasteiger partial charge in [-0.3, -0.25) is 4.79 Å². The number of nitrogens with one attached hydrogen (secondary N) is 2. The Hall–Kier alpha value is -3.43. The van der Waals surface area contributed by atoms with Crippen LogP contribution in [0.1, 0.15) is 30.9 Å². The number of carboxylic acids is 1. The number of carboxylic acid groups (broad SMARTS) is 1. The van der Waals surface area contributed by atoms with Crippen molar-refractivity contribution in [3.8, 4) is 11.1 Å². The van der Waals surface area contributed by atoms with Crippen LogP contribution < -0.4 is 10.6 Å². The Bertz CT molecular complexity index is 995. The number of methoxy groups -OCH3 is 1. The van der Waals surface area contributed by atoms with Crippen LogP contribution in [0.3, 0.4) is 0 Å². The van der Waals surface area contributed by atoms with Gasteiger partial charge in [0.15, 0.2) is 5.54 Å². The van der Waals surface area contributed by atoms with Crippen molar-refractivity contribution in [1.29, 1.82) is 0 Å². The largest absolute Gasteiger partial charge is 0.479 e. The number of carbonyl (C=O) groups excluding carboxylic acids is 2. The predicted molar refractivity (Wildman–Crippen MR) is 120 cm³/mol. The minimum Gasteiger partial charge on any atom is -0.479 e. The second-order valence-corrected chi connectivity index (χ2v) is 8.17. The topological polar surface area (TPSA) is 134 Å². The van der Waals surface area contributed by atoms with Crippen LogP contribution in [0.15, 0.2) is 48.5 Å². The molecule has 33 heavy (non-hydrogen) atoms. The highest BCUT2D eigenvalue weighted by atomic mass is 16.5. The van der Waals surface area contributed by atoms with E-state index in [1.807, 2.05) is 48.5 Å². The minimum absolute atomic E-state index is 0.0546. The maximum Gasteiger partial charge on any atom is 0.407 e. The van der Waals surface area contributed by atoms with Gasteiger partial charge in [0.25, 0.3) is 0 Å². The predicted octanol–water partition coefficient (Wildman–Crippen LogP) is 1.88. The molecule has 0 aromatic heterocycles. The molecule has 1 unspecified atom stereocenters. The first-order valence-corrected chi connectivity index (χ1v) is 10.5. The van der Waals surface area contributed by atoms with Gasteiger partial charge in [0.1, 0.15) is 12.6 Å². The Morgan fingerprint density at radius 2 is 1.61 bits per heavy atom. The number of aliphatic hydroxyl groups is 1. The second kappa shape index (κ2) is 10.0. The summed E-state index contributed by atoms with van der Waals surface area (Å²) < 4.78 is 10.6. The number of aliphatic hydroxyl groups excluding tert-OH is 1. The molecular weight excluding hydrogens is 428 g/mol. The summed E-state index contributed by atoms with van der Waals surface area (Å²) in [6, 6.07) is 14.6. The maximum absolute atomic E-state index is 12.7. The Balaban J connectivity index is 1.70. The molecule has 1 aliphatic rings. The van der Waals surface area contributed by atoms with E-state index in [2.05, 4.69) is 10.6 Å². The zero-order valence-corrected chi connectivity index (χ0v) is 18.7. The fourth-order valence-corrected chi connectivity index (χ4v) is 3.81. The highest BCUT2D eigenvalue weighted by Crippen LogP contribution is 2.44. The molecule has 9 heteroatoms. The van der Waals surface area contributed by atoms with Gasteiger partial charge < -0.3 is 30.3 Å². The van der Waals surface area contributed by atoms with Gasteiger partial charge in [-0.1, -0.05) is 48.5 Å². The van der Waals surface area contributed by atoms with Crippen LogP contribution in [0, 0.1) is 0 Å². The number of rotatable bonds is 9. The zero-order valence-electron chi connectivity index (χ0n) is 18.7. The van der Waals surface area contributed by atoms with Crippen molar-refractivity contribution in [2.75, 3.05) is 20.3 Å². The summed E-state index contributed by atoms with van der Waals surface area (Å²) in [4.78, 5) is 36.7. The molecule has 9 nitrogen and oxygen atoms in total. The molecule has 2 aromatic carbocycles. The zero-order chi connectivity index (χ0) is 24.2. The standard InChI is InChI=1S/C24H28N2O7/c1-14(32-3)20(21(28)26-24(2,13-27)22(29)30)25-23(31)33-12-19-17-10-6-4-8-15(17)16-9-5-7-11-18(16)19/h4-11,14,19-20,27H,12-13H2,1-3H3,(H,25,31)(H,26,28)(H,29,30)/t14-,20+,24?/m1/s1. The normalized spacial score (nSPS) is 16.0. The summed E-state index contributed by atoms with van der Waals surface area (Å²) in [6.07, 6.45) is -1.64. The van der Waals surface area contributed by atoms with Gasteiger partial charge in [-0.05, 0) is 36.1 Å². The van der Waals surface area contributed by atoms with Crippen molar-refractivity contribution in [3.05, 3.63) is 59.7 Å². The molecular formula is C24H28N2O7. The first-order valence-electron chi connectivity index (χ1n) is 10.5. The minimum atomic E-state index is -1.91. The van der Waals surface area contributed by atoms with Gasteiger partial charge in [0.2, 0.25) is 5.91 Å². The maximum atomic E-state index is 12.7. The lowest BCUT2D eigenvalue weighted by Gasteiger charge is -2.29. The van der Waals surface area contributed by atoms with E-state index in [1.165, 1.54) is 7.11 Å². The molecule has 2 aromatic rings. The molecule has 0 bridgehead atoms. The quantitative estimate of drug-likeness (QED) is 0.453. The number of carbonyl (C=O) groups is 3. The van der Waals surface area contributed by atoms with Crippen molar-refractivity contribution in [2.24, 2.45) is 0 Å². The number of hydrogen-bond donors (Lipinski definition) is 4. The van der Waals surface area contributed by atoms with Crippen molar-refractivity contribution in [2.45, 2.75) is 37.5 Å². The van der Waals surface area contributed by atoms with Crippen molar-refractivity contribution in [3.63, 3.8) is 0 Å². The van der Waals surface area contributed by atoms with E-state index >= 15 is 0 Å². The Morgan fingerprint density at radius 1 is 1.06 bits per heavy atom. The van der Waals surface area contributed by atoms with Gasteiger partial charge in [-0.25, -0.2) is 9.59 Å². The van der Waals surface area contributed by atoms with E-state index in [9.17, 15) is 24.6 Å². The summed E-state index contributed by atoms with van der Waals surface area (Å²) in [6.45, 7) is 1.94. The van der Waals surface area contributed by atoms with Crippen LogP contribution in [0.2, 0.25) is 0 Å². The van der Waals surface area contributed by atoms with Crippen LogP contribution in [0.5, 0.6) is 0 Å². The monoisotopic (exact) mass is 456 g/mol. The lowest BCUT2D eigenvalue weighted by Crippen LogP contribution is -2.62. The first kappa shape index (κ1) is 24.2. The van der Waals surface area contributed by atoms with Crippen LogP contribution in [-0.4, -0.2) is 66.2 Å². The van der Waals surface area contributed by atoms with Gasteiger partial charge in [0.05, 0.1) is 12.7 Å². The van der Waals surface area contributed by atoms with Gasteiger partial charge in [0, 0.05) is 13.0 Å². The number of amides is 2. The van der Waals surface area contributed by atoms with Crippen LogP contribution in [-0.2, 0) is 19.1 Å². The summed E-state index contributed by atoms with van der Waals surface area (Å²) in [5, 5.41) is 23.4. The van der Waals surface area contributed by atoms with E-state index in [0.29, 0.717) is 0 Å². The molecule has 0 fully saturated rings. The van der Waals surface area contributed by atoms with E-state index in [1.54, 1.807) is 6.92 Å². The second-order valence-electron chi connectivity index (χ2n) is 8.17. The number of aliphatic carboxylic acids is 1. The molecule has 0 spiro atoms. The molecule has 3 atom stereocenters. The Labute approximate surface area is 191 Å². The molecule has 2 amide bonds. The lowest BCUT2D eigenvalue weighted by atomic mass is 9.98. The molecule has 3 rings (SSSR count). The number of benzene rings is 2. The lowest BCUT2D eigenvalue weighted by molar-refractivity contribution is -0.149. The summed E-state index contributed by atoms with van der Waals surface area (Å²) in [5.41, 5.74) is 2.36. The number of hydrogen-bond acceptors (Lipinski definition) is 6. The van der Waals surface area contributed by atoms with Gasteiger partial charge in [-0.2, -0.15) is 0 Å². The van der Waals surface area contributed by atoms with E-state index in [4.69, 9.17) is 9.47 Å². The molecule has 176 valence electrons. The summed E-state index contributed by atoms with van der Waals surface area (Å²) in [5.74, 6) is -2.39. The van der Waals surface area contributed by atoms with E-state index in [-0.39, 0.29) is 12.5 Å². The van der Waals surface area contributed by atoms with E-state index in [0.717, 1.165) is 29.2 Å². The molecule has 0 heterocycles.